The monoisotopic (exact) mass is 1330 g/mol. The summed E-state index contributed by atoms with van der Waals surface area (Å²) >= 11 is 0. The molecule has 3 aliphatic heterocycles. The zero-order valence-corrected chi connectivity index (χ0v) is 57.1. The quantitative estimate of drug-likeness (QED) is 0.0207. The molecule has 0 radical (unpaired) electrons. The van der Waals surface area contributed by atoms with Crippen molar-refractivity contribution in [1.82, 2.24) is 10.6 Å². The number of unbranched alkanes of at least 4 members (excludes halogenated alkanes) is 34. The summed E-state index contributed by atoms with van der Waals surface area (Å²) in [5, 5.41) is 136. The fourth-order valence-corrected chi connectivity index (χ4v) is 12.9. The number of ether oxygens (including phenoxy) is 6. The third kappa shape index (κ3) is 32.8. The fourth-order valence-electron chi connectivity index (χ4n) is 12.9. The largest absolute Gasteiger partial charge is 0.477 e. The Balaban J connectivity index is 1.57. The molecule has 23 nitrogen and oxygen atoms in total. The molecule has 546 valence electrons. The number of amides is 2. The minimum absolute atomic E-state index is 0.215. The molecule has 0 aromatic carbocycles. The maximum absolute atomic E-state index is 13.5. The number of hydrogen-bond acceptors (Lipinski definition) is 20. The highest BCUT2D eigenvalue weighted by Gasteiger charge is 2.60. The van der Waals surface area contributed by atoms with E-state index in [1.54, 1.807) is 0 Å². The van der Waals surface area contributed by atoms with Crippen LogP contribution in [0.2, 0.25) is 0 Å². The zero-order chi connectivity index (χ0) is 68.2. The molecule has 18 unspecified atom stereocenters. The molecule has 0 aliphatic carbocycles. The molecule has 23 heteroatoms. The summed E-state index contributed by atoms with van der Waals surface area (Å²) in [7, 11) is 0. The van der Waals surface area contributed by atoms with Crippen LogP contribution in [0.15, 0.2) is 12.2 Å². The number of aliphatic hydroxyl groups is 11. The van der Waals surface area contributed by atoms with E-state index >= 15 is 0 Å². The number of carbonyl (C=O) groups is 3. The van der Waals surface area contributed by atoms with Gasteiger partial charge in [-0.2, -0.15) is 0 Å². The molecule has 0 aromatic heterocycles. The molecule has 3 rings (SSSR count). The van der Waals surface area contributed by atoms with Crippen molar-refractivity contribution in [2.75, 3.05) is 26.4 Å². The van der Waals surface area contributed by atoms with E-state index in [4.69, 9.17) is 28.4 Å². The van der Waals surface area contributed by atoms with Gasteiger partial charge in [-0.3, -0.25) is 9.59 Å². The van der Waals surface area contributed by atoms with Gasteiger partial charge >= 0.3 is 5.97 Å². The first-order chi connectivity index (χ1) is 44.9. The number of allylic oxidation sites excluding steroid dienone is 2. The normalized spacial score (nSPS) is 28.1. The molecule has 3 saturated heterocycles. The first kappa shape index (κ1) is 84.7. The summed E-state index contributed by atoms with van der Waals surface area (Å²) in [5.41, 5.74) is 0. The Kier molecular flexibility index (Phi) is 46.2. The highest BCUT2D eigenvalue weighted by molar-refractivity contribution is 5.77. The average Bonchev–Trinajstić information content (AvgIpc) is 0.782. The van der Waals surface area contributed by atoms with Gasteiger partial charge in [-0.15, -0.1) is 0 Å². The minimum atomic E-state index is -3.08. The van der Waals surface area contributed by atoms with E-state index in [1.165, 1.54) is 161 Å². The van der Waals surface area contributed by atoms with E-state index in [1.807, 2.05) is 0 Å². The molecule has 3 fully saturated rings. The van der Waals surface area contributed by atoms with Crippen molar-refractivity contribution in [2.24, 2.45) is 0 Å². The van der Waals surface area contributed by atoms with Gasteiger partial charge < -0.3 is 100 Å². The molecule has 3 heterocycles. The summed E-state index contributed by atoms with van der Waals surface area (Å²) in [6.07, 6.45) is 20.7. The first-order valence-electron chi connectivity index (χ1n) is 36.5. The fraction of sp³-hybridized carbons (Fsp3) is 0.929. The Labute approximate surface area is 556 Å². The Morgan fingerprint density at radius 1 is 0.548 bits per heavy atom. The zero-order valence-electron chi connectivity index (χ0n) is 57.1. The Morgan fingerprint density at radius 2 is 1.00 bits per heavy atom. The van der Waals surface area contributed by atoms with Gasteiger partial charge in [0, 0.05) is 19.8 Å². The van der Waals surface area contributed by atoms with E-state index in [2.05, 4.69) is 36.6 Å². The maximum atomic E-state index is 13.5. The van der Waals surface area contributed by atoms with Crippen LogP contribution in [0.4, 0.5) is 0 Å². The molecule has 0 bridgehead atoms. The topological polar surface area (TPSA) is 373 Å². The lowest BCUT2D eigenvalue weighted by atomic mass is 9.88. The van der Waals surface area contributed by atoms with E-state index in [0.29, 0.717) is 19.3 Å². The summed E-state index contributed by atoms with van der Waals surface area (Å²) in [6, 6.07) is -2.53. The van der Waals surface area contributed by atoms with Gasteiger partial charge in [0.1, 0.15) is 67.1 Å². The van der Waals surface area contributed by atoms with E-state index in [0.717, 1.165) is 71.1 Å². The number of hydrogen-bond donors (Lipinski definition) is 14. The van der Waals surface area contributed by atoms with Gasteiger partial charge in [0.25, 0.3) is 5.79 Å². The van der Waals surface area contributed by atoms with E-state index in [9.17, 15) is 75.7 Å². The average molecular weight is 1340 g/mol. The maximum Gasteiger partial charge on any atom is 0.364 e. The molecule has 0 aromatic rings. The molecular weight excluding hydrogens is 1200 g/mol. The summed E-state index contributed by atoms with van der Waals surface area (Å²) in [4.78, 5) is 38.6. The minimum Gasteiger partial charge on any atom is -0.477 e. The number of carboxylic acid groups (broad SMARTS) is 1. The number of carboxylic acids is 1. The summed E-state index contributed by atoms with van der Waals surface area (Å²) in [5.74, 6) is -6.11. The van der Waals surface area contributed by atoms with Gasteiger partial charge in [-0.1, -0.05) is 231 Å². The van der Waals surface area contributed by atoms with Gasteiger partial charge in [0.2, 0.25) is 11.8 Å². The van der Waals surface area contributed by atoms with Gasteiger partial charge in [-0.05, 0) is 38.5 Å². The lowest BCUT2D eigenvalue weighted by Gasteiger charge is -2.50. The number of aliphatic carboxylic acids is 1. The lowest BCUT2D eigenvalue weighted by Crippen LogP contribution is -2.70. The second kappa shape index (κ2) is 50.7. The third-order valence-corrected chi connectivity index (χ3v) is 18.7. The summed E-state index contributed by atoms with van der Waals surface area (Å²) in [6.45, 7) is 2.22. The van der Waals surface area contributed by atoms with Crippen molar-refractivity contribution in [3.05, 3.63) is 12.2 Å². The Bertz CT molecular complexity index is 1930. The van der Waals surface area contributed by atoms with Crippen LogP contribution in [0.1, 0.15) is 278 Å². The second-order valence-corrected chi connectivity index (χ2v) is 26.8. The predicted octanol–water partition coefficient (Wildman–Crippen LogP) is 7.46. The van der Waals surface area contributed by atoms with Crippen LogP contribution in [0.3, 0.4) is 0 Å². The van der Waals surface area contributed by atoms with Crippen molar-refractivity contribution in [3.8, 4) is 0 Å². The van der Waals surface area contributed by atoms with Crippen molar-refractivity contribution in [2.45, 2.75) is 387 Å². The SMILES string of the molecule is CCCCCCCCC/C=C\CCCCCCCC(=O)NC(COC1OC(CO)C(OC2OC(CO)C(O)C(OC3(C(=O)O)CC(O)C(NC(C)=O)C(C(O)C(O)CO)O3)C2O)C(O)C1O)C(O)CCCCCCCCCCCCCCCCCCCCCCCCC. The van der Waals surface area contributed by atoms with Gasteiger partial charge in [-0.25, -0.2) is 4.79 Å². The van der Waals surface area contributed by atoms with E-state index < -0.39 is 148 Å². The Morgan fingerprint density at radius 3 is 1.45 bits per heavy atom. The van der Waals surface area contributed by atoms with Crippen LogP contribution >= 0.6 is 0 Å². The number of rotatable bonds is 56. The highest BCUT2D eigenvalue weighted by atomic mass is 16.8. The van der Waals surface area contributed by atoms with Crippen LogP contribution in [-0.4, -0.2) is 215 Å². The van der Waals surface area contributed by atoms with Crippen LogP contribution < -0.4 is 10.6 Å². The number of nitrogens with one attached hydrogen (secondary N) is 2. The van der Waals surface area contributed by atoms with Gasteiger partial charge in [0.15, 0.2) is 12.6 Å². The molecule has 18 atom stereocenters. The first-order valence-corrected chi connectivity index (χ1v) is 36.5. The predicted molar refractivity (Wildman–Crippen MR) is 352 cm³/mol. The molecule has 93 heavy (non-hydrogen) atoms. The van der Waals surface area contributed by atoms with Crippen molar-refractivity contribution in [1.29, 1.82) is 0 Å². The smallest absolute Gasteiger partial charge is 0.364 e. The van der Waals surface area contributed by atoms with Gasteiger partial charge in [0.05, 0.1) is 50.7 Å². The molecular formula is C70H130N2O21. The van der Waals surface area contributed by atoms with Crippen LogP contribution in [0.25, 0.3) is 0 Å². The van der Waals surface area contributed by atoms with Crippen LogP contribution in [0, 0.1) is 0 Å². The number of carbonyl (C=O) groups excluding carboxylic acids is 2. The molecule has 3 aliphatic rings. The van der Waals surface area contributed by atoms with Crippen molar-refractivity contribution < 1.29 is 104 Å². The van der Waals surface area contributed by atoms with Crippen molar-refractivity contribution in [3.63, 3.8) is 0 Å². The standard InChI is InChI=1S/C70H130N2O21/c1-4-6-8-10-12-14-16-18-20-22-23-24-25-26-27-28-29-31-33-35-37-39-41-43-52(77)51(72-57(80)44-42-40-38-36-34-32-30-21-19-17-15-13-11-9-7-5-2)49-88-67-62(84)61(83)64(56(48-75)90-67)91-68-63(85)66(60(82)55(47-74)89-68)93-70(69(86)87)45-53(78)58(71-50(3)76)65(92-70)59(81)54(79)46-73/h21,30,51-56,58-68,73-75,77-79,81-85H,4-20,22-29,31-49H2,1-3H3,(H,71,76)(H,72,80)(H,86,87)/b30-21-. The third-order valence-electron chi connectivity index (χ3n) is 18.7. The van der Waals surface area contributed by atoms with Crippen LogP contribution in [0.5, 0.6) is 0 Å². The molecule has 2 amide bonds. The van der Waals surface area contributed by atoms with E-state index in [-0.39, 0.29) is 18.9 Å². The molecule has 14 N–H and O–H groups in total. The van der Waals surface area contributed by atoms with Crippen molar-refractivity contribution >= 4 is 17.8 Å². The molecule has 0 saturated carbocycles. The number of aliphatic hydroxyl groups excluding tert-OH is 11. The lowest BCUT2D eigenvalue weighted by molar-refractivity contribution is -0.386. The summed E-state index contributed by atoms with van der Waals surface area (Å²) < 4.78 is 34.9. The highest BCUT2D eigenvalue weighted by Crippen LogP contribution is 2.39. The second-order valence-electron chi connectivity index (χ2n) is 26.8. The van der Waals surface area contributed by atoms with Crippen LogP contribution in [-0.2, 0) is 42.8 Å². The molecule has 0 spiro atoms. The Hall–Kier alpha value is -2.53.